The van der Waals surface area contributed by atoms with Crippen molar-refractivity contribution in [3.8, 4) is 0 Å². The molecule has 4 heteroatoms. The van der Waals surface area contributed by atoms with Gasteiger partial charge >= 0.3 is 11.9 Å². The number of carbonyl (C=O) groups is 2. The van der Waals surface area contributed by atoms with E-state index in [1.165, 1.54) is 0 Å². The fourth-order valence-corrected chi connectivity index (χ4v) is 6.29. The predicted octanol–water partition coefficient (Wildman–Crippen LogP) is 5.13. The molecule has 4 aliphatic carbocycles. The first kappa shape index (κ1) is 18.0. The zero-order chi connectivity index (χ0) is 19.5. The fourth-order valence-electron chi connectivity index (χ4n) is 6.29. The highest BCUT2D eigenvalue weighted by Gasteiger charge is 2.66. The molecule has 4 atom stereocenters. The van der Waals surface area contributed by atoms with Crippen LogP contribution in [0, 0.1) is 23.2 Å². The molecule has 0 N–H and O–H groups in total. The van der Waals surface area contributed by atoms with E-state index in [2.05, 4.69) is 32.1 Å². The molecule has 6 rings (SSSR count). The number of hydrogen-bond donors (Lipinski definition) is 0. The Hall–Kier alpha value is -2.10. The van der Waals surface area contributed by atoms with Crippen molar-refractivity contribution in [1.29, 1.82) is 0 Å². The minimum absolute atomic E-state index is 0.0181. The van der Waals surface area contributed by atoms with Gasteiger partial charge in [-0.05, 0) is 62.5 Å². The Balaban J connectivity index is 1.68. The van der Waals surface area contributed by atoms with Gasteiger partial charge in [0, 0.05) is 22.6 Å². The van der Waals surface area contributed by atoms with Crippen LogP contribution < -0.4 is 0 Å². The van der Waals surface area contributed by atoms with E-state index in [0.717, 1.165) is 79.6 Å². The van der Waals surface area contributed by atoms with Crippen LogP contribution >= 0.6 is 0 Å². The molecule has 2 heterocycles. The van der Waals surface area contributed by atoms with Crippen LogP contribution in [-0.2, 0) is 19.1 Å². The van der Waals surface area contributed by atoms with Crippen LogP contribution in [-0.4, -0.2) is 11.9 Å². The summed E-state index contributed by atoms with van der Waals surface area (Å²) in [6.07, 6.45) is 14.1. The maximum Gasteiger partial charge on any atom is 0.340 e. The second-order valence-corrected chi connectivity index (χ2v) is 8.82. The SMILES string of the molecule is CCCC=C1OC(=O)C2=C1CC[C@H]1[C@@H]2[C@@]23CC[C@@H]1C=C2C(=O)OC3=CCCC. The third kappa shape index (κ3) is 2.23. The molecule has 4 nitrogen and oxygen atoms in total. The zero-order valence-electron chi connectivity index (χ0n) is 16.8. The van der Waals surface area contributed by atoms with Crippen molar-refractivity contribution in [2.45, 2.75) is 65.2 Å². The predicted molar refractivity (Wildman–Crippen MR) is 105 cm³/mol. The number of unbranched alkanes of at least 4 members (excludes halogenated alkanes) is 2. The van der Waals surface area contributed by atoms with Gasteiger partial charge in [0.2, 0.25) is 0 Å². The molecule has 0 aromatic carbocycles. The summed E-state index contributed by atoms with van der Waals surface area (Å²) >= 11 is 0. The number of fused-ring (bicyclic) bond motifs is 1. The van der Waals surface area contributed by atoms with Crippen molar-refractivity contribution in [1.82, 2.24) is 0 Å². The molecule has 1 spiro atoms. The first-order chi connectivity index (χ1) is 13.6. The lowest BCUT2D eigenvalue weighted by atomic mass is 9.47. The van der Waals surface area contributed by atoms with Crippen molar-refractivity contribution >= 4 is 11.9 Å². The van der Waals surface area contributed by atoms with Gasteiger partial charge in [-0.2, -0.15) is 0 Å². The maximum atomic E-state index is 13.0. The number of hydrogen-bond acceptors (Lipinski definition) is 4. The average Bonchev–Trinajstić information content (AvgIpc) is 3.19. The van der Waals surface area contributed by atoms with Crippen LogP contribution in [0.5, 0.6) is 0 Å². The summed E-state index contributed by atoms with van der Waals surface area (Å²) in [7, 11) is 0. The minimum atomic E-state index is -0.452. The van der Waals surface area contributed by atoms with Crippen LogP contribution in [0.4, 0.5) is 0 Å². The summed E-state index contributed by atoms with van der Waals surface area (Å²) in [6, 6.07) is 0. The molecule has 1 saturated heterocycles. The number of esters is 2. The highest BCUT2D eigenvalue weighted by atomic mass is 16.5. The molecule has 0 aromatic rings. The summed E-state index contributed by atoms with van der Waals surface area (Å²) in [4.78, 5) is 25.8. The molecule has 2 bridgehead atoms. The third-order valence-electron chi connectivity index (χ3n) is 7.43. The van der Waals surface area contributed by atoms with Crippen molar-refractivity contribution in [3.05, 3.63) is 46.5 Å². The molecule has 2 fully saturated rings. The Labute approximate surface area is 166 Å². The Bertz CT molecular complexity index is 871. The topological polar surface area (TPSA) is 52.6 Å². The summed E-state index contributed by atoms with van der Waals surface area (Å²) in [5.41, 5.74) is 2.29. The zero-order valence-corrected chi connectivity index (χ0v) is 16.8. The van der Waals surface area contributed by atoms with Crippen LogP contribution in [0.1, 0.15) is 65.2 Å². The van der Waals surface area contributed by atoms with Gasteiger partial charge in [0.1, 0.15) is 11.5 Å². The molecule has 28 heavy (non-hydrogen) atoms. The fraction of sp³-hybridized carbons (Fsp3) is 0.583. The molecular formula is C24H28O4. The van der Waals surface area contributed by atoms with Gasteiger partial charge in [0.25, 0.3) is 0 Å². The first-order valence-electron chi connectivity index (χ1n) is 10.9. The van der Waals surface area contributed by atoms with Crippen molar-refractivity contribution in [2.75, 3.05) is 0 Å². The summed E-state index contributed by atoms with van der Waals surface area (Å²) in [5, 5.41) is 0. The largest absolute Gasteiger partial charge is 0.427 e. The standard InChI is InChI=1S/C24H28O4/c1-3-5-7-18-16-10-9-15-14-11-12-24(21(15)20(16)23(26)27-18)17(13-14)22(25)28-19(24)8-6-4-2/h7-8,13-15,21H,3-6,9-12H2,1-2H3/t14-,15-,21+,24+/m1/s1. The van der Waals surface area contributed by atoms with Gasteiger partial charge in [-0.15, -0.1) is 0 Å². The van der Waals surface area contributed by atoms with E-state index in [9.17, 15) is 9.59 Å². The number of rotatable bonds is 4. The molecular weight excluding hydrogens is 352 g/mol. The highest BCUT2D eigenvalue weighted by Crippen LogP contribution is 2.68. The number of carbonyl (C=O) groups excluding carboxylic acids is 2. The van der Waals surface area contributed by atoms with E-state index in [0.29, 0.717) is 11.8 Å². The monoisotopic (exact) mass is 380 g/mol. The highest BCUT2D eigenvalue weighted by molar-refractivity contribution is 5.99. The van der Waals surface area contributed by atoms with Crippen molar-refractivity contribution in [3.63, 3.8) is 0 Å². The van der Waals surface area contributed by atoms with E-state index < -0.39 is 5.41 Å². The Morgan fingerprint density at radius 3 is 2.64 bits per heavy atom. The lowest BCUT2D eigenvalue weighted by Crippen LogP contribution is -2.50. The Morgan fingerprint density at radius 2 is 1.86 bits per heavy atom. The van der Waals surface area contributed by atoms with Gasteiger partial charge in [-0.25, -0.2) is 9.59 Å². The van der Waals surface area contributed by atoms with Gasteiger partial charge in [0.05, 0.1) is 5.41 Å². The molecule has 148 valence electrons. The van der Waals surface area contributed by atoms with E-state index in [1.54, 1.807) is 0 Å². The van der Waals surface area contributed by atoms with E-state index in [4.69, 9.17) is 9.47 Å². The third-order valence-corrected chi connectivity index (χ3v) is 7.43. The summed E-state index contributed by atoms with van der Waals surface area (Å²) < 4.78 is 11.6. The van der Waals surface area contributed by atoms with Crippen molar-refractivity contribution < 1.29 is 19.1 Å². The second-order valence-electron chi connectivity index (χ2n) is 8.82. The van der Waals surface area contributed by atoms with E-state index in [1.807, 2.05) is 0 Å². The molecule has 0 aromatic heterocycles. The average molecular weight is 380 g/mol. The van der Waals surface area contributed by atoms with Gasteiger partial charge < -0.3 is 9.47 Å². The normalized spacial score (nSPS) is 38.4. The number of allylic oxidation sites excluding steroid dienone is 5. The number of ether oxygens (including phenoxy) is 2. The lowest BCUT2D eigenvalue weighted by molar-refractivity contribution is -0.135. The van der Waals surface area contributed by atoms with Crippen LogP contribution in [0.2, 0.25) is 0 Å². The Morgan fingerprint density at radius 1 is 1.07 bits per heavy atom. The molecule has 0 amide bonds. The molecule has 2 aliphatic heterocycles. The summed E-state index contributed by atoms with van der Waals surface area (Å²) in [6.45, 7) is 4.26. The lowest BCUT2D eigenvalue weighted by Gasteiger charge is -2.54. The van der Waals surface area contributed by atoms with Crippen LogP contribution in [0.25, 0.3) is 0 Å². The first-order valence-corrected chi connectivity index (χ1v) is 10.9. The Kier molecular flexibility index (Phi) is 4.15. The van der Waals surface area contributed by atoms with E-state index >= 15 is 0 Å². The van der Waals surface area contributed by atoms with Gasteiger partial charge in [0.15, 0.2) is 0 Å². The quantitative estimate of drug-likeness (QED) is 0.635. The smallest absolute Gasteiger partial charge is 0.340 e. The second kappa shape index (κ2) is 6.47. The molecule has 0 radical (unpaired) electrons. The van der Waals surface area contributed by atoms with Crippen LogP contribution in [0.15, 0.2) is 46.5 Å². The van der Waals surface area contributed by atoms with Crippen molar-refractivity contribution in [2.24, 2.45) is 23.2 Å². The molecule has 6 aliphatic rings. The molecule has 0 unspecified atom stereocenters. The maximum absolute atomic E-state index is 13.0. The van der Waals surface area contributed by atoms with Crippen LogP contribution in [0.3, 0.4) is 0 Å². The van der Waals surface area contributed by atoms with E-state index in [-0.39, 0.29) is 17.9 Å². The minimum Gasteiger partial charge on any atom is -0.427 e. The summed E-state index contributed by atoms with van der Waals surface area (Å²) in [5.74, 6) is 1.96. The number of cyclic esters (lactones) is 2. The molecule has 1 saturated carbocycles. The van der Waals surface area contributed by atoms with Gasteiger partial charge in [-0.1, -0.05) is 32.8 Å². The van der Waals surface area contributed by atoms with Gasteiger partial charge in [-0.3, -0.25) is 0 Å².